The van der Waals surface area contributed by atoms with Crippen molar-refractivity contribution in [3.05, 3.63) is 35.4 Å². The quantitative estimate of drug-likeness (QED) is 0.857. The minimum atomic E-state index is -0.0885. The van der Waals surface area contributed by atoms with Gasteiger partial charge in [-0.25, -0.2) is 0 Å². The predicted octanol–water partition coefficient (Wildman–Crippen LogP) is 4.29. The van der Waals surface area contributed by atoms with E-state index in [1.54, 1.807) is 0 Å². The molecular weight excluding hydrogens is 232 g/mol. The topological polar surface area (TPSA) is 20.2 Å². The minimum Gasteiger partial charge on any atom is -0.393 e. The lowest BCUT2D eigenvalue weighted by Crippen LogP contribution is -2.32. The summed E-state index contributed by atoms with van der Waals surface area (Å²) in [6.45, 7) is 4.72. The molecule has 0 aliphatic heterocycles. The Kier molecular flexibility index (Phi) is 3.42. The van der Waals surface area contributed by atoms with Crippen LogP contribution in [-0.4, -0.2) is 11.2 Å². The van der Waals surface area contributed by atoms with Crippen LogP contribution in [0.1, 0.15) is 63.0 Å². The van der Waals surface area contributed by atoms with Crippen LogP contribution < -0.4 is 0 Å². The molecular formula is C18H26O. The molecule has 0 aromatic heterocycles. The third kappa shape index (κ3) is 2.72. The number of fused-ring (bicyclic) bond motifs is 1. The van der Waals surface area contributed by atoms with Crippen molar-refractivity contribution in [2.24, 2.45) is 11.3 Å². The summed E-state index contributed by atoms with van der Waals surface area (Å²) >= 11 is 0. The summed E-state index contributed by atoms with van der Waals surface area (Å²) in [6, 6.07) is 8.71. The second-order valence-electron chi connectivity index (χ2n) is 7.40. The van der Waals surface area contributed by atoms with Crippen molar-refractivity contribution in [1.29, 1.82) is 0 Å². The van der Waals surface area contributed by atoms with Crippen LogP contribution in [0.3, 0.4) is 0 Å². The van der Waals surface area contributed by atoms with Gasteiger partial charge in [-0.05, 0) is 66.9 Å². The highest BCUT2D eigenvalue weighted by molar-refractivity contribution is 5.39. The van der Waals surface area contributed by atoms with E-state index in [1.165, 1.54) is 43.2 Å². The molecule has 0 bridgehead atoms. The van der Waals surface area contributed by atoms with Gasteiger partial charge in [-0.3, -0.25) is 0 Å². The van der Waals surface area contributed by atoms with Gasteiger partial charge in [0.1, 0.15) is 0 Å². The molecule has 0 spiro atoms. The molecule has 1 nitrogen and oxygen atoms in total. The van der Waals surface area contributed by atoms with Gasteiger partial charge < -0.3 is 5.11 Å². The molecule has 2 aliphatic carbocycles. The number of hydrogen-bond donors (Lipinski definition) is 1. The van der Waals surface area contributed by atoms with Gasteiger partial charge in [0.25, 0.3) is 0 Å². The maximum absolute atomic E-state index is 10.5. The van der Waals surface area contributed by atoms with E-state index in [9.17, 15) is 5.11 Å². The zero-order valence-corrected chi connectivity index (χ0v) is 12.2. The fourth-order valence-electron chi connectivity index (χ4n) is 3.86. The van der Waals surface area contributed by atoms with Crippen LogP contribution in [0.2, 0.25) is 0 Å². The first-order chi connectivity index (χ1) is 9.05. The third-order valence-electron chi connectivity index (χ3n) is 5.42. The van der Waals surface area contributed by atoms with E-state index in [0.717, 1.165) is 6.42 Å². The highest BCUT2D eigenvalue weighted by Gasteiger charge is 2.34. The van der Waals surface area contributed by atoms with Gasteiger partial charge in [0.05, 0.1) is 6.10 Å². The summed E-state index contributed by atoms with van der Waals surface area (Å²) in [5.74, 6) is 1.15. The number of aliphatic hydroxyl groups excluding tert-OH is 1. The van der Waals surface area contributed by atoms with Crippen LogP contribution in [0.25, 0.3) is 0 Å². The average Bonchev–Trinajstić information content (AvgIpc) is 2.35. The second-order valence-corrected chi connectivity index (χ2v) is 7.40. The first kappa shape index (κ1) is 13.2. The first-order valence-electron chi connectivity index (χ1n) is 7.81. The Morgan fingerprint density at radius 3 is 2.58 bits per heavy atom. The highest BCUT2D eigenvalue weighted by atomic mass is 16.3. The molecule has 1 heteroatoms. The van der Waals surface area contributed by atoms with E-state index in [2.05, 4.69) is 38.1 Å². The van der Waals surface area contributed by atoms with E-state index >= 15 is 0 Å². The summed E-state index contributed by atoms with van der Waals surface area (Å²) in [6.07, 6.45) is 7.03. The van der Waals surface area contributed by atoms with Gasteiger partial charge in [-0.2, -0.15) is 0 Å². The number of benzene rings is 1. The number of hydrogen-bond acceptors (Lipinski definition) is 1. The van der Waals surface area contributed by atoms with Crippen molar-refractivity contribution in [2.75, 3.05) is 0 Å². The molecule has 1 fully saturated rings. The molecule has 1 N–H and O–H groups in total. The lowest BCUT2D eigenvalue weighted by Gasteiger charge is -2.39. The van der Waals surface area contributed by atoms with E-state index < -0.39 is 0 Å². The summed E-state index contributed by atoms with van der Waals surface area (Å²) < 4.78 is 0. The Labute approximate surface area is 117 Å². The van der Waals surface area contributed by atoms with Crippen molar-refractivity contribution >= 4 is 0 Å². The standard InChI is InChI=1S/C18H26O/c1-18(2)9-7-13(8-10-18)17(19)12-15-11-14-5-3-4-6-16(14)15/h3-6,13,15,17,19H,7-12H2,1-2H3. The fourth-order valence-corrected chi connectivity index (χ4v) is 3.86. The van der Waals surface area contributed by atoms with E-state index in [-0.39, 0.29) is 6.10 Å². The number of rotatable bonds is 3. The van der Waals surface area contributed by atoms with Crippen molar-refractivity contribution in [2.45, 2.75) is 64.4 Å². The highest BCUT2D eigenvalue weighted by Crippen LogP contribution is 2.43. The van der Waals surface area contributed by atoms with Crippen molar-refractivity contribution in [3.8, 4) is 0 Å². The monoisotopic (exact) mass is 258 g/mol. The molecule has 104 valence electrons. The Morgan fingerprint density at radius 1 is 1.21 bits per heavy atom. The van der Waals surface area contributed by atoms with E-state index in [0.29, 0.717) is 17.3 Å². The average molecular weight is 258 g/mol. The second kappa shape index (κ2) is 4.94. The molecule has 0 amide bonds. The van der Waals surface area contributed by atoms with E-state index in [4.69, 9.17) is 0 Å². The smallest absolute Gasteiger partial charge is 0.0574 e. The van der Waals surface area contributed by atoms with Crippen molar-refractivity contribution in [3.63, 3.8) is 0 Å². The molecule has 0 radical (unpaired) electrons. The Balaban J connectivity index is 1.55. The lowest BCUT2D eigenvalue weighted by molar-refractivity contribution is 0.0450. The third-order valence-corrected chi connectivity index (χ3v) is 5.42. The lowest BCUT2D eigenvalue weighted by atomic mass is 9.68. The molecule has 1 aromatic carbocycles. The minimum absolute atomic E-state index is 0.0885. The van der Waals surface area contributed by atoms with Gasteiger partial charge in [-0.15, -0.1) is 0 Å². The van der Waals surface area contributed by atoms with Gasteiger partial charge in [0.15, 0.2) is 0 Å². The first-order valence-corrected chi connectivity index (χ1v) is 7.81. The maximum Gasteiger partial charge on any atom is 0.0574 e. The van der Waals surface area contributed by atoms with Crippen LogP contribution in [0.4, 0.5) is 0 Å². The van der Waals surface area contributed by atoms with Crippen LogP contribution in [-0.2, 0) is 6.42 Å². The van der Waals surface area contributed by atoms with Crippen LogP contribution >= 0.6 is 0 Å². The molecule has 2 atom stereocenters. The summed E-state index contributed by atoms with van der Waals surface area (Å²) in [4.78, 5) is 0. The van der Waals surface area contributed by atoms with Gasteiger partial charge in [-0.1, -0.05) is 38.1 Å². The summed E-state index contributed by atoms with van der Waals surface area (Å²) in [5.41, 5.74) is 3.47. The van der Waals surface area contributed by atoms with Crippen molar-refractivity contribution < 1.29 is 5.11 Å². The Bertz CT molecular complexity index is 439. The Morgan fingerprint density at radius 2 is 1.89 bits per heavy atom. The molecule has 1 saturated carbocycles. The van der Waals surface area contributed by atoms with Crippen LogP contribution in [0, 0.1) is 11.3 Å². The maximum atomic E-state index is 10.5. The molecule has 0 heterocycles. The normalized spacial score (nSPS) is 27.4. The van der Waals surface area contributed by atoms with Gasteiger partial charge in [0.2, 0.25) is 0 Å². The number of aliphatic hydroxyl groups is 1. The largest absolute Gasteiger partial charge is 0.393 e. The molecule has 2 unspecified atom stereocenters. The summed E-state index contributed by atoms with van der Waals surface area (Å²) in [5, 5.41) is 10.5. The zero-order valence-electron chi connectivity index (χ0n) is 12.2. The molecule has 0 saturated heterocycles. The SMILES string of the molecule is CC1(C)CCC(C(O)CC2Cc3ccccc32)CC1. The molecule has 2 aliphatic rings. The predicted molar refractivity (Wildman–Crippen MR) is 79.2 cm³/mol. The van der Waals surface area contributed by atoms with E-state index in [1.807, 2.05) is 0 Å². The van der Waals surface area contributed by atoms with Crippen LogP contribution in [0.5, 0.6) is 0 Å². The zero-order chi connectivity index (χ0) is 13.5. The summed E-state index contributed by atoms with van der Waals surface area (Å²) in [7, 11) is 0. The van der Waals surface area contributed by atoms with Gasteiger partial charge >= 0.3 is 0 Å². The Hall–Kier alpha value is -0.820. The fraction of sp³-hybridized carbons (Fsp3) is 0.667. The van der Waals surface area contributed by atoms with Crippen molar-refractivity contribution in [1.82, 2.24) is 0 Å². The molecule has 19 heavy (non-hydrogen) atoms. The molecule has 1 aromatic rings. The molecule has 3 rings (SSSR count). The van der Waals surface area contributed by atoms with Gasteiger partial charge in [0, 0.05) is 0 Å². The van der Waals surface area contributed by atoms with Crippen LogP contribution in [0.15, 0.2) is 24.3 Å².